The zero-order valence-electron chi connectivity index (χ0n) is 9.37. The summed E-state index contributed by atoms with van der Waals surface area (Å²) in [6, 6.07) is 4.39. The highest BCUT2D eigenvalue weighted by molar-refractivity contribution is 6.33. The standard InChI is InChI=1S/C11H11ClFN3O/c1-6(14-2)10-15-16-11(17-10)7-4-3-5-8(13)9(7)12/h3-6,14H,1-2H3. The maximum Gasteiger partial charge on any atom is 0.249 e. The van der Waals surface area contributed by atoms with Crippen molar-refractivity contribution in [1.82, 2.24) is 15.5 Å². The van der Waals surface area contributed by atoms with Gasteiger partial charge in [0.15, 0.2) is 0 Å². The number of halogens is 2. The van der Waals surface area contributed by atoms with Gasteiger partial charge in [-0.1, -0.05) is 17.7 Å². The first kappa shape index (κ1) is 12.0. The molecule has 0 saturated carbocycles. The van der Waals surface area contributed by atoms with Gasteiger partial charge >= 0.3 is 0 Å². The highest BCUT2D eigenvalue weighted by Gasteiger charge is 2.16. The molecular formula is C11H11ClFN3O. The molecular weight excluding hydrogens is 245 g/mol. The number of benzene rings is 1. The van der Waals surface area contributed by atoms with Crippen molar-refractivity contribution in [2.45, 2.75) is 13.0 Å². The van der Waals surface area contributed by atoms with Gasteiger partial charge in [-0.05, 0) is 26.1 Å². The Bertz CT molecular complexity index is 529. The second-order valence-corrected chi connectivity index (χ2v) is 3.94. The molecule has 6 heteroatoms. The molecule has 1 unspecified atom stereocenters. The van der Waals surface area contributed by atoms with Crippen molar-refractivity contribution in [2.24, 2.45) is 0 Å². The van der Waals surface area contributed by atoms with E-state index in [-0.39, 0.29) is 17.0 Å². The van der Waals surface area contributed by atoms with Gasteiger partial charge in [-0.2, -0.15) is 0 Å². The molecule has 0 saturated heterocycles. The number of nitrogens with one attached hydrogen (secondary N) is 1. The quantitative estimate of drug-likeness (QED) is 0.916. The summed E-state index contributed by atoms with van der Waals surface area (Å²) in [7, 11) is 1.78. The van der Waals surface area contributed by atoms with E-state index in [0.717, 1.165) is 0 Å². The van der Waals surface area contributed by atoms with E-state index in [1.807, 2.05) is 6.92 Å². The monoisotopic (exact) mass is 255 g/mol. The van der Waals surface area contributed by atoms with Gasteiger partial charge in [0, 0.05) is 0 Å². The second kappa shape index (κ2) is 4.81. The highest BCUT2D eigenvalue weighted by Crippen LogP contribution is 2.29. The van der Waals surface area contributed by atoms with E-state index in [4.69, 9.17) is 16.0 Å². The molecule has 90 valence electrons. The summed E-state index contributed by atoms with van der Waals surface area (Å²) < 4.78 is 18.7. The van der Waals surface area contributed by atoms with Crippen molar-refractivity contribution in [2.75, 3.05) is 7.05 Å². The summed E-state index contributed by atoms with van der Waals surface area (Å²) in [4.78, 5) is 0. The minimum Gasteiger partial charge on any atom is -0.419 e. The molecule has 0 bridgehead atoms. The van der Waals surface area contributed by atoms with Crippen LogP contribution in [0.4, 0.5) is 4.39 Å². The molecule has 1 N–H and O–H groups in total. The predicted molar refractivity (Wildman–Crippen MR) is 62.2 cm³/mol. The van der Waals surface area contributed by atoms with Crippen molar-refractivity contribution in [3.63, 3.8) is 0 Å². The summed E-state index contributed by atoms with van der Waals surface area (Å²) in [5.41, 5.74) is 0.397. The van der Waals surface area contributed by atoms with Crippen molar-refractivity contribution in [3.8, 4) is 11.5 Å². The Balaban J connectivity index is 2.40. The van der Waals surface area contributed by atoms with Crippen LogP contribution in [0.2, 0.25) is 5.02 Å². The molecule has 1 heterocycles. The Morgan fingerprint density at radius 3 is 2.88 bits per heavy atom. The van der Waals surface area contributed by atoms with Crippen LogP contribution in [0.3, 0.4) is 0 Å². The smallest absolute Gasteiger partial charge is 0.249 e. The molecule has 1 aromatic heterocycles. The van der Waals surface area contributed by atoms with E-state index in [9.17, 15) is 4.39 Å². The molecule has 0 aliphatic heterocycles. The summed E-state index contributed by atoms with van der Waals surface area (Å²) in [6.07, 6.45) is 0. The van der Waals surface area contributed by atoms with Crippen molar-refractivity contribution in [3.05, 3.63) is 34.9 Å². The molecule has 1 atom stereocenters. The van der Waals surface area contributed by atoms with Gasteiger partial charge in [-0.15, -0.1) is 10.2 Å². The van der Waals surface area contributed by atoms with Crippen molar-refractivity contribution < 1.29 is 8.81 Å². The Kier molecular flexibility index (Phi) is 3.40. The minimum absolute atomic E-state index is 0.0141. The normalized spacial score (nSPS) is 12.7. The number of rotatable bonds is 3. The second-order valence-electron chi connectivity index (χ2n) is 3.56. The fourth-order valence-electron chi connectivity index (χ4n) is 1.31. The molecule has 2 aromatic rings. The maximum absolute atomic E-state index is 13.3. The lowest BCUT2D eigenvalue weighted by molar-refractivity contribution is 0.441. The van der Waals surface area contributed by atoms with E-state index >= 15 is 0 Å². The summed E-state index contributed by atoms with van der Waals surface area (Å²) in [6.45, 7) is 1.88. The highest BCUT2D eigenvalue weighted by atomic mass is 35.5. The Hall–Kier alpha value is -1.46. The van der Waals surface area contributed by atoms with Crippen LogP contribution in [0.25, 0.3) is 11.5 Å². The van der Waals surface area contributed by atoms with Crippen LogP contribution in [0, 0.1) is 5.82 Å². The average molecular weight is 256 g/mol. The van der Waals surface area contributed by atoms with E-state index in [1.165, 1.54) is 6.07 Å². The van der Waals surface area contributed by atoms with E-state index in [0.29, 0.717) is 11.5 Å². The van der Waals surface area contributed by atoms with E-state index in [2.05, 4.69) is 15.5 Å². The lowest BCUT2D eigenvalue weighted by Gasteiger charge is -2.03. The first-order valence-corrected chi connectivity index (χ1v) is 5.46. The molecule has 0 radical (unpaired) electrons. The third-order valence-electron chi connectivity index (χ3n) is 2.43. The first-order valence-electron chi connectivity index (χ1n) is 5.08. The van der Waals surface area contributed by atoms with Crippen LogP contribution >= 0.6 is 11.6 Å². The van der Waals surface area contributed by atoms with Crippen LogP contribution < -0.4 is 5.32 Å². The molecule has 4 nitrogen and oxygen atoms in total. The summed E-state index contributed by atoms with van der Waals surface area (Å²) in [5.74, 6) is 0.139. The topological polar surface area (TPSA) is 51.0 Å². The van der Waals surface area contributed by atoms with Gasteiger partial charge in [0.25, 0.3) is 0 Å². The van der Waals surface area contributed by atoms with Crippen LogP contribution in [0.15, 0.2) is 22.6 Å². The number of nitrogens with zero attached hydrogens (tertiary/aromatic N) is 2. The van der Waals surface area contributed by atoms with Crippen molar-refractivity contribution in [1.29, 1.82) is 0 Å². The molecule has 0 spiro atoms. The average Bonchev–Trinajstić information content (AvgIpc) is 2.81. The predicted octanol–water partition coefficient (Wildman–Crippen LogP) is 2.81. The third kappa shape index (κ3) is 2.30. The van der Waals surface area contributed by atoms with Gasteiger partial charge in [0.05, 0.1) is 16.6 Å². The maximum atomic E-state index is 13.3. The van der Waals surface area contributed by atoms with Gasteiger partial charge in [-0.3, -0.25) is 0 Å². The largest absolute Gasteiger partial charge is 0.419 e. The fraction of sp³-hybridized carbons (Fsp3) is 0.273. The lowest BCUT2D eigenvalue weighted by Crippen LogP contribution is -2.12. The van der Waals surface area contributed by atoms with E-state index in [1.54, 1.807) is 19.2 Å². The number of hydrogen-bond donors (Lipinski definition) is 1. The minimum atomic E-state index is -0.509. The Morgan fingerprint density at radius 1 is 1.41 bits per heavy atom. The lowest BCUT2D eigenvalue weighted by atomic mass is 10.2. The Labute approximate surface area is 103 Å². The molecule has 17 heavy (non-hydrogen) atoms. The van der Waals surface area contributed by atoms with Crippen LogP contribution in [-0.2, 0) is 0 Å². The third-order valence-corrected chi connectivity index (χ3v) is 2.81. The summed E-state index contributed by atoms with van der Waals surface area (Å²) >= 11 is 5.83. The Morgan fingerprint density at radius 2 is 2.18 bits per heavy atom. The van der Waals surface area contributed by atoms with Gasteiger partial charge < -0.3 is 9.73 Å². The molecule has 0 aliphatic rings. The zero-order valence-corrected chi connectivity index (χ0v) is 10.1. The number of hydrogen-bond acceptors (Lipinski definition) is 4. The fourth-order valence-corrected chi connectivity index (χ4v) is 1.52. The van der Waals surface area contributed by atoms with Crippen molar-refractivity contribution >= 4 is 11.6 Å². The molecule has 0 amide bonds. The van der Waals surface area contributed by atoms with Gasteiger partial charge in [-0.25, -0.2) is 4.39 Å². The number of aromatic nitrogens is 2. The van der Waals surface area contributed by atoms with Gasteiger partial charge in [0.2, 0.25) is 11.8 Å². The van der Waals surface area contributed by atoms with E-state index < -0.39 is 5.82 Å². The molecule has 0 aliphatic carbocycles. The molecule has 1 aromatic carbocycles. The molecule has 2 rings (SSSR count). The zero-order chi connectivity index (χ0) is 12.4. The molecule has 0 fully saturated rings. The van der Waals surface area contributed by atoms with Crippen LogP contribution in [-0.4, -0.2) is 17.2 Å². The SMILES string of the molecule is CNC(C)c1nnc(-c2cccc(F)c2Cl)o1. The summed E-state index contributed by atoms with van der Waals surface area (Å²) in [5, 5.41) is 10.7. The van der Waals surface area contributed by atoms with Crippen LogP contribution in [0.5, 0.6) is 0 Å². The first-order chi connectivity index (χ1) is 8.13. The van der Waals surface area contributed by atoms with Crippen LogP contribution in [0.1, 0.15) is 18.9 Å². The van der Waals surface area contributed by atoms with Gasteiger partial charge in [0.1, 0.15) is 5.82 Å².